The summed E-state index contributed by atoms with van der Waals surface area (Å²) in [6.45, 7) is 2.14. The summed E-state index contributed by atoms with van der Waals surface area (Å²) in [7, 11) is 0. The van der Waals surface area contributed by atoms with E-state index in [9.17, 15) is 14.7 Å². The Kier molecular flexibility index (Phi) is 6.85. The quantitative estimate of drug-likeness (QED) is 0.525. The molecule has 29 heavy (non-hydrogen) atoms. The van der Waals surface area contributed by atoms with Crippen LogP contribution in [0.25, 0.3) is 6.08 Å². The molecule has 2 aromatic rings. The number of carbonyl (C=O) groups is 2. The van der Waals surface area contributed by atoms with Crippen LogP contribution in [0.2, 0.25) is 0 Å². The summed E-state index contributed by atoms with van der Waals surface area (Å²) in [4.78, 5) is 26.8. The number of aromatic hydroxyl groups is 1. The maximum absolute atomic E-state index is 12.7. The number of phenols is 1. The topological polar surface area (TPSA) is 69.6 Å². The molecule has 0 radical (unpaired) electrons. The lowest BCUT2D eigenvalue weighted by Gasteiger charge is -2.14. The fourth-order valence-corrected chi connectivity index (χ4v) is 4.13. The molecular weight excluding hydrogens is 404 g/mol. The Morgan fingerprint density at radius 3 is 2.69 bits per heavy atom. The molecule has 0 unspecified atom stereocenters. The number of rotatable bonds is 6. The van der Waals surface area contributed by atoms with Crippen LogP contribution in [-0.2, 0) is 9.59 Å². The molecule has 3 rings (SSSR count). The maximum atomic E-state index is 12.7. The highest BCUT2D eigenvalue weighted by Gasteiger charge is 2.32. The number of thiocarbonyl (C=S) groups is 1. The lowest BCUT2D eigenvalue weighted by Crippen LogP contribution is -2.31. The molecule has 2 aromatic carbocycles. The van der Waals surface area contributed by atoms with Gasteiger partial charge in [0, 0.05) is 24.7 Å². The van der Waals surface area contributed by atoms with Crippen molar-refractivity contribution < 1.29 is 14.7 Å². The Balaban J connectivity index is 1.60. The zero-order valence-corrected chi connectivity index (χ0v) is 17.4. The first-order chi connectivity index (χ1) is 13.9. The SMILES string of the molecule is CC(/C=C1\SC(=S)N(CCC(=O)Nc2cccc(O)c2)C1=O)=C\c1ccccc1. The molecule has 2 N–H and O–H groups in total. The maximum Gasteiger partial charge on any atom is 0.266 e. The fraction of sp³-hybridized carbons (Fsp3) is 0.136. The predicted molar refractivity (Wildman–Crippen MR) is 121 cm³/mol. The van der Waals surface area contributed by atoms with Gasteiger partial charge >= 0.3 is 0 Å². The molecule has 5 nitrogen and oxygen atoms in total. The molecule has 1 saturated heterocycles. The minimum absolute atomic E-state index is 0.0730. The van der Waals surface area contributed by atoms with Gasteiger partial charge in [0.1, 0.15) is 10.1 Å². The number of thioether (sulfide) groups is 1. The molecule has 2 amide bonds. The number of hydrogen-bond acceptors (Lipinski definition) is 5. The largest absolute Gasteiger partial charge is 0.508 e. The molecule has 1 aliphatic heterocycles. The van der Waals surface area contributed by atoms with Crippen LogP contribution in [0.15, 0.2) is 71.2 Å². The Labute approximate surface area is 179 Å². The highest BCUT2D eigenvalue weighted by Crippen LogP contribution is 2.32. The van der Waals surface area contributed by atoms with E-state index in [4.69, 9.17) is 12.2 Å². The van der Waals surface area contributed by atoms with Gasteiger partial charge in [0.05, 0.1) is 4.91 Å². The molecular formula is C22H20N2O3S2. The van der Waals surface area contributed by atoms with Gasteiger partial charge in [-0.15, -0.1) is 0 Å². The Morgan fingerprint density at radius 2 is 1.97 bits per heavy atom. The van der Waals surface area contributed by atoms with Crippen LogP contribution >= 0.6 is 24.0 Å². The average molecular weight is 425 g/mol. The second kappa shape index (κ2) is 9.54. The van der Waals surface area contributed by atoms with Crippen molar-refractivity contribution in [2.75, 3.05) is 11.9 Å². The summed E-state index contributed by atoms with van der Waals surface area (Å²) in [6.07, 6.45) is 3.92. The summed E-state index contributed by atoms with van der Waals surface area (Å²) in [6, 6.07) is 16.2. The molecule has 1 heterocycles. The summed E-state index contributed by atoms with van der Waals surface area (Å²) >= 11 is 6.56. The zero-order chi connectivity index (χ0) is 20.8. The van der Waals surface area contributed by atoms with Crippen molar-refractivity contribution in [3.63, 3.8) is 0 Å². The molecule has 0 spiro atoms. The second-order valence-electron chi connectivity index (χ2n) is 6.48. The molecule has 0 atom stereocenters. The number of allylic oxidation sites excluding steroid dienone is 2. The van der Waals surface area contributed by atoms with Crippen molar-refractivity contribution in [3.8, 4) is 5.75 Å². The van der Waals surface area contributed by atoms with Crippen molar-refractivity contribution in [1.29, 1.82) is 0 Å². The number of nitrogens with zero attached hydrogens (tertiary/aromatic N) is 1. The zero-order valence-electron chi connectivity index (χ0n) is 15.8. The first-order valence-electron chi connectivity index (χ1n) is 9.00. The van der Waals surface area contributed by atoms with Crippen LogP contribution in [0.1, 0.15) is 18.9 Å². The molecule has 0 saturated carbocycles. The third kappa shape index (κ3) is 5.79. The highest BCUT2D eigenvalue weighted by atomic mass is 32.2. The third-order valence-electron chi connectivity index (χ3n) is 4.12. The number of phenolic OH excluding ortho intramolecular Hbond substituents is 1. The number of amides is 2. The molecule has 7 heteroatoms. The van der Waals surface area contributed by atoms with Gasteiger partial charge < -0.3 is 10.4 Å². The van der Waals surface area contributed by atoms with E-state index < -0.39 is 0 Å². The fourth-order valence-electron chi connectivity index (χ4n) is 2.77. The van der Waals surface area contributed by atoms with E-state index in [-0.39, 0.29) is 30.5 Å². The summed E-state index contributed by atoms with van der Waals surface area (Å²) < 4.78 is 0.443. The first kappa shape index (κ1) is 20.8. The molecule has 0 bridgehead atoms. The number of anilines is 1. The summed E-state index contributed by atoms with van der Waals surface area (Å²) in [5.74, 6) is -0.372. The standard InChI is InChI=1S/C22H20N2O3S2/c1-15(12-16-6-3-2-4-7-16)13-19-21(27)24(22(28)29-19)11-10-20(26)23-17-8-5-9-18(25)14-17/h2-9,12-14,25H,10-11H2,1H3,(H,23,26)/b15-12+,19-13-. The van der Waals surface area contributed by atoms with Crippen molar-refractivity contribution in [1.82, 2.24) is 4.90 Å². The first-order valence-corrected chi connectivity index (χ1v) is 10.2. The van der Waals surface area contributed by atoms with Crippen LogP contribution in [0.4, 0.5) is 5.69 Å². The van der Waals surface area contributed by atoms with E-state index in [2.05, 4.69) is 5.32 Å². The second-order valence-corrected chi connectivity index (χ2v) is 8.16. The van der Waals surface area contributed by atoms with E-state index in [0.717, 1.165) is 11.1 Å². The number of nitrogens with one attached hydrogen (secondary N) is 1. The van der Waals surface area contributed by atoms with E-state index in [1.165, 1.54) is 28.8 Å². The molecule has 1 aliphatic rings. The van der Waals surface area contributed by atoms with Gasteiger partial charge in [-0.1, -0.05) is 66.5 Å². The smallest absolute Gasteiger partial charge is 0.266 e. The molecule has 0 aliphatic carbocycles. The lowest BCUT2D eigenvalue weighted by atomic mass is 10.1. The van der Waals surface area contributed by atoms with Gasteiger partial charge in [-0.25, -0.2) is 0 Å². The monoisotopic (exact) mass is 424 g/mol. The minimum Gasteiger partial charge on any atom is -0.508 e. The van der Waals surface area contributed by atoms with Gasteiger partial charge in [-0.05, 0) is 36.3 Å². The molecule has 148 valence electrons. The van der Waals surface area contributed by atoms with E-state index in [1.54, 1.807) is 12.1 Å². The molecule has 1 fully saturated rings. The van der Waals surface area contributed by atoms with Gasteiger partial charge in [0.2, 0.25) is 5.91 Å². The van der Waals surface area contributed by atoms with Crippen LogP contribution in [0.3, 0.4) is 0 Å². The van der Waals surface area contributed by atoms with E-state index >= 15 is 0 Å². The predicted octanol–water partition coefficient (Wildman–Crippen LogP) is 4.57. The Hall–Kier alpha value is -2.90. The van der Waals surface area contributed by atoms with Crippen molar-refractivity contribution >= 4 is 51.9 Å². The van der Waals surface area contributed by atoms with Gasteiger partial charge in [-0.2, -0.15) is 0 Å². The average Bonchev–Trinajstić information content (AvgIpc) is 2.93. The lowest BCUT2D eigenvalue weighted by molar-refractivity contribution is -0.122. The van der Waals surface area contributed by atoms with Crippen LogP contribution in [-0.4, -0.2) is 32.7 Å². The van der Waals surface area contributed by atoms with Crippen molar-refractivity contribution in [3.05, 3.63) is 76.7 Å². The van der Waals surface area contributed by atoms with Gasteiger partial charge in [-0.3, -0.25) is 14.5 Å². The Morgan fingerprint density at radius 1 is 1.21 bits per heavy atom. The highest BCUT2D eigenvalue weighted by molar-refractivity contribution is 8.26. The minimum atomic E-state index is -0.256. The normalized spacial score (nSPS) is 15.8. The number of benzene rings is 2. The van der Waals surface area contributed by atoms with Crippen molar-refractivity contribution in [2.45, 2.75) is 13.3 Å². The Bertz CT molecular complexity index is 1000. The van der Waals surface area contributed by atoms with Crippen molar-refractivity contribution in [2.24, 2.45) is 0 Å². The van der Waals surface area contributed by atoms with E-state index in [0.29, 0.717) is 14.9 Å². The molecule has 0 aromatic heterocycles. The van der Waals surface area contributed by atoms with Crippen LogP contribution in [0, 0.1) is 0 Å². The number of carbonyl (C=O) groups excluding carboxylic acids is 2. The summed E-state index contributed by atoms with van der Waals surface area (Å²) in [5.41, 5.74) is 2.50. The number of hydrogen-bond donors (Lipinski definition) is 2. The van der Waals surface area contributed by atoms with E-state index in [1.807, 2.05) is 49.4 Å². The third-order valence-corrected chi connectivity index (χ3v) is 5.50. The van der Waals surface area contributed by atoms with Gasteiger partial charge in [0.15, 0.2) is 0 Å². The van der Waals surface area contributed by atoms with Crippen LogP contribution in [0.5, 0.6) is 5.75 Å². The van der Waals surface area contributed by atoms with Crippen LogP contribution < -0.4 is 5.32 Å². The van der Waals surface area contributed by atoms with Gasteiger partial charge in [0.25, 0.3) is 5.91 Å². The summed E-state index contributed by atoms with van der Waals surface area (Å²) in [5, 5.41) is 12.2.